The molecule has 0 aliphatic heterocycles. The van der Waals surface area contributed by atoms with Crippen LogP contribution in [-0.2, 0) is 4.79 Å². The van der Waals surface area contributed by atoms with Gasteiger partial charge in [-0.1, -0.05) is 36.8 Å². The molecular weight excluding hydrogens is 365 g/mol. The number of carbonyl (C=O) groups is 1. The molecule has 0 spiro atoms. The van der Waals surface area contributed by atoms with Crippen molar-refractivity contribution in [3.8, 4) is 0 Å². The van der Waals surface area contributed by atoms with E-state index in [1.807, 2.05) is 51.9 Å². The zero-order chi connectivity index (χ0) is 17.1. The van der Waals surface area contributed by atoms with Crippen LogP contribution >= 0.6 is 35.3 Å². The van der Waals surface area contributed by atoms with Gasteiger partial charge in [0.05, 0.1) is 10.2 Å². The lowest BCUT2D eigenvalue weighted by Crippen LogP contribution is -2.36. The van der Waals surface area contributed by atoms with Gasteiger partial charge in [-0.25, -0.2) is 4.98 Å². The second-order valence-electron chi connectivity index (χ2n) is 6.37. The molecule has 1 heterocycles. The fourth-order valence-electron chi connectivity index (χ4n) is 2.41. The molecule has 1 amide bonds. The Bertz CT molecular complexity index is 700. The molecule has 1 aromatic heterocycles. The van der Waals surface area contributed by atoms with Crippen molar-refractivity contribution in [1.29, 1.82) is 0 Å². The summed E-state index contributed by atoms with van der Waals surface area (Å²) >= 11 is 7.67. The Morgan fingerprint density at radius 1 is 1.29 bits per heavy atom. The SMILES string of the molecule is Cc1cc(Cl)cc2sc(N(CCCN(C)C)C(=O)C(C)C)nc12.Cl. The summed E-state index contributed by atoms with van der Waals surface area (Å²) in [5.41, 5.74) is 1.98. The van der Waals surface area contributed by atoms with Crippen molar-refractivity contribution >= 4 is 56.6 Å². The van der Waals surface area contributed by atoms with Crippen molar-refractivity contribution < 1.29 is 4.79 Å². The molecule has 0 radical (unpaired) electrons. The van der Waals surface area contributed by atoms with Gasteiger partial charge >= 0.3 is 0 Å². The Kier molecular flexibility index (Phi) is 7.93. The fourth-order valence-corrected chi connectivity index (χ4v) is 3.87. The van der Waals surface area contributed by atoms with Gasteiger partial charge in [0.1, 0.15) is 0 Å². The zero-order valence-electron chi connectivity index (χ0n) is 14.8. The highest BCUT2D eigenvalue weighted by Gasteiger charge is 2.22. The first kappa shape index (κ1) is 21.2. The molecule has 24 heavy (non-hydrogen) atoms. The maximum absolute atomic E-state index is 12.6. The van der Waals surface area contributed by atoms with Crippen molar-refractivity contribution in [3.05, 3.63) is 22.7 Å². The predicted octanol–water partition coefficient (Wildman–Crippen LogP) is 4.62. The number of aromatic nitrogens is 1. The van der Waals surface area contributed by atoms with E-state index in [1.54, 1.807) is 0 Å². The average Bonchev–Trinajstić information content (AvgIpc) is 2.86. The van der Waals surface area contributed by atoms with Crippen LogP contribution in [0.5, 0.6) is 0 Å². The second kappa shape index (κ2) is 8.99. The Balaban J connectivity index is 0.00000288. The Morgan fingerprint density at radius 2 is 1.96 bits per heavy atom. The van der Waals surface area contributed by atoms with Crippen LogP contribution in [0, 0.1) is 12.8 Å². The highest BCUT2D eigenvalue weighted by molar-refractivity contribution is 7.22. The van der Waals surface area contributed by atoms with E-state index in [9.17, 15) is 4.79 Å². The molecule has 0 fully saturated rings. The van der Waals surface area contributed by atoms with Gasteiger partial charge in [-0.15, -0.1) is 12.4 Å². The molecular formula is C17H25Cl2N3OS. The maximum Gasteiger partial charge on any atom is 0.231 e. The van der Waals surface area contributed by atoms with Gasteiger partial charge in [0.15, 0.2) is 5.13 Å². The largest absolute Gasteiger partial charge is 0.309 e. The van der Waals surface area contributed by atoms with E-state index >= 15 is 0 Å². The quantitative estimate of drug-likeness (QED) is 0.722. The van der Waals surface area contributed by atoms with Crippen LogP contribution in [0.1, 0.15) is 25.8 Å². The molecule has 0 unspecified atom stereocenters. The third-order valence-electron chi connectivity index (χ3n) is 3.62. The average molecular weight is 390 g/mol. The predicted molar refractivity (Wildman–Crippen MR) is 107 cm³/mol. The molecule has 0 saturated heterocycles. The van der Waals surface area contributed by atoms with Crippen LogP contribution in [0.25, 0.3) is 10.2 Å². The molecule has 134 valence electrons. The zero-order valence-corrected chi connectivity index (χ0v) is 17.2. The molecule has 2 aromatic rings. The summed E-state index contributed by atoms with van der Waals surface area (Å²) in [7, 11) is 4.08. The summed E-state index contributed by atoms with van der Waals surface area (Å²) < 4.78 is 1.03. The number of carbonyl (C=O) groups excluding carboxylic acids is 1. The molecule has 0 saturated carbocycles. The Hall–Kier alpha value is -0.880. The van der Waals surface area contributed by atoms with Crippen LogP contribution in [0.3, 0.4) is 0 Å². The van der Waals surface area contributed by atoms with Gasteiger partial charge in [-0.2, -0.15) is 0 Å². The molecule has 0 atom stereocenters. The smallest absolute Gasteiger partial charge is 0.231 e. The summed E-state index contributed by atoms with van der Waals surface area (Å²) in [5.74, 6) is 0.0672. The minimum absolute atomic E-state index is 0. The molecule has 7 heteroatoms. The van der Waals surface area contributed by atoms with Crippen molar-refractivity contribution in [2.45, 2.75) is 27.2 Å². The molecule has 1 aromatic carbocycles. The van der Waals surface area contributed by atoms with Crippen molar-refractivity contribution in [3.63, 3.8) is 0 Å². The lowest BCUT2D eigenvalue weighted by atomic mass is 10.2. The first-order chi connectivity index (χ1) is 10.8. The number of anilines is 1. The van der Waals surface area contributed by atoms with Crippen molar-refractivity contribution in [2.75, 3.05) is 32.1 Å². The van der Waals surface area contributed by atoms with Gasteiger partial charge in [-0.3, -0.25) is 9.69 Å². The van der Waals surface area contributed by atoms with Crippen LogP contribution in [0.15, 0.2) is 12.1 Å². The van der Waals surface area contributed by atoms with E-state index in [-0.39, 0.29) is 24.2 Å². The number of rotatable bonds is 6. The summed E-state index contributed by atoms with van der Waals surface area (Å²) in [4.78, 5) is 21.3. The Labute approximate surface area is 159 Å². The lowest BCUT2D eigenvalue weighted by molar-refractivity contribution is -0.121. The number of nitrogens with zero attached hydrogens (tertiary/aromatic N) is 3. The first-order valence-corrected chi connectivity index (χ1v) is 9.02. The van der Waals surface area contributed by atoms with E-state index in [2.05, 4.69) is 4.90 Å². The number of hydrogen-bond acceptors (Lipinski definition) is 4. The number of fused-ring (bicyclic) bond motifs is 1. The molecule has 0 aliphatic carbocycles. The molecule has 4 nitrogen and oxygen atoms in total. The number of amides is 1. The molecule has 0 bridgehead atoms. The topological polar surface area (TPSA) is 36.4 Å². The number of hydrogen-bond donors (Lipinski definition) is 0. The number of aryl methyl sites for hydroxylation is 1. The summed E-state index contributed by atoms with van der Waals surface area (Å²) in [6, 6.07) is 3.83. The summed E-state index contributed by atoms with van der Waals surface area (Å²) in [6.45, 7) is 7.48. The normalized spacial score (nSPS) is 11.2. The minimum Gasteiger partial charge on any atom is -0.309 e. The molecule has 0 aliphatic rings. The lowest BCUT2D eigenvalue weighted by Gasteiger charge is -2.22. The van der Waals surface area contributed by atoms with Crippen molar-refractivity contribution in [2.24, 2.45) is 5.92 Å². The second-order valence-corrected chi connectivity index (χ2v) is 7.81. The van der Waals surface area contributed by atoms with Gasteiger partial charge in [-0.05, 0) is 51.7 Å². The van der Waals surface area contributed by atoms with Gasteiger partial charge in [0.2, 0.25) is 5.91 Å². The van der Waals surface area contributed by atoms with Gasteiger partial charge in [0.25, 0.3) is 0 Å². The first-order valence-electron chi connectivity index (χ1n) is 7.82. The van der Waals surface area contributed by atoms with Gasteiger partial charge < -0.3 is 4.90 Å². The molecule has 0 N–H and O–H groups in total. The summed E-state index contributed by atoms with van der Waals surface area (Å²) in [5, 5.41) is 1.47. The van der Waals surface area contributed by atoms with E-state index in [4.69, 9.17) is 16.6 Å². The monoisotopic (exact) mass is 389 g/mol. The van der Waals surface area contributed by atoms with E-state index in [0.29, 0.717) is 11.6 Å². The van der Waals surface area contributed by atoms with Crippen LogP contribution in [-0.4, -0.2) is 43.0 Å². The van der Waals surface area contributed by atoms with Crippen LogP contribution in [0.2, 0.25) is 5.02 Å². The third kappa shape index (κ3) is 5.06. The highest BCUT2D eigenvalue weighted by atomic mass is 35.5. The maximum atomic E-state index is 12.6. The summed E-state index contributed by atoms with van der Waals surface area (Å²) in [6.07, 6.45) is 0.918. The standard InChI is InChI=1S/C17H24ClN3OS.ClH/c1-11(2)16(22)21(8-6-7-20(4)5)17-19-15-12(3)9-13(18)10-14(15)23-17;/h9-11H,6-8H2,1-5H3;1H. The third-order valence-corrected chi connectivity index (χ3v) is 4.86. The van der Waals surface area contributed by atoms with Crippen molar-refractivity contribution in [1.82, 2.24) is 9.88 Å². The van der Waals surface area contributed by atoms with Gasteiger partial charge in [0, 0.05) is 17.5 Å². The number of thiazole rings is 1. The van der Waals surface area contributed by atoms with Crippen LogP contribution < -0.4 is 4.90 Å². The minimum atomic E-state index is -0.0500. The van der Waals surface area contributed by atoms with Crippen LogP contribution in [0.4, 0.5) is 5.13 Å². The number of halogens is 2. The van der Waals surface area contributed by atoms with E-state index < -0.39 is 0 Å². The van der Waals surface area contributed by atoms with E-state index in [0.717, 1.165) is 33.9 Å². The fraction of sp³-hybridized carbons (Fsp3) is 0.529. The van der Waals surface area contributed by atoms with E-state index in [1.165, 1.54) is 11.3 Å². The Morgan fingerprint density at radius 3 is 2.54 bits per heavy atom. The number of benzene rings is 1. The highest BCUT2D eigenvalue weighted by Crippen LogP contribution is 2.33. The molecule has 2 rings (SSSR count).